The van der Waals surface area contributed by atoms with Gasteiger partial charge in [-0.2, -0.15) is 10.1 Å². The average molecular weight is 301 g/mol. The lowest BCUT2D eigenvalue weighted by Crippen LogP contribution is -2.48. The first-order valence-corrected chi connectivity index (χ1v) is 6.75. The molecule has 3 aromatic rings. The summed E-state index contributed by atoms with van der Waals surface area (Å²) in [6.07, 6.45) is 3.08. The molecule has 0 radical (unpaired) electrons. The molecule has 8 heteroatoms. The first-order valence-electron chi connectivity index (χ1n) is 6.75. The van der Waals surface area contributed by atoms with Crippen molar-refractivity contribution in [3.05, 3.63) is 42.0 Å². The van der Waals surface area contributed by atoms with E-state index in [-0.39, 0.29) is 11.9 Å². The van der Waals surface area contributed by atoms with Gasteiger partial charge in [-0.25, -0.2) is 4.39 Å². The van der Waals surface area contributed by atoms with E-state index in [1.54, 1.807) is 16.9 Å². The predicted octanol–water partition coefficient (Wildman–Crippen LogP) is 1.32. The van der Waals surface area contributed by atoms with E-state index in [9.17, 15) is 9.18 Å². The Morgan fingerprint density at radius 3 is 2.95 bits per heavy atom. The number of carbonyl (C=O) groups excluding carboxylic acids is 1. The normalized spacial score (nSPS) is 15.2. The van der Waals surface area contributed by atoms with Gasteiger partial charge < -0.3 is 15.1 Å². The van der Waals surface area contributed by atoms with Gasteiger partial charge in [0.25, 0.3) is 11.9 Å². The molecule has 22 heavy (non-hydrogen) atoms. The Labute approximate surface area is 124 Å². The van der Waals surface area contributed by atoms with Gasteiger partial charge in [0.2, 0.25) is 0 Å². The molecule has 0 atom stereocenters. The van der Waals surface area contributed by atoms with Crippen molar-refractivity contribution < 1.29 is 13.6 Å². The highest BCUT2D eigenvalue weighted by molar-refractivity contribution is 5.92. The van der Waals surface area contributed by atoms with E-state index in [1.807, 2.05) is 4.90 Å². The van der Waals surface area contributed by atoms with Crippen molar-refractivity contribution in [3.63, 3.8) is 0 Å². The first kappa shape index (κ1) is 12.8. The van der Waals surface area contributed by atoms with Crippen LogP contribution in [0.25, 0.3) is 11.1 Å². The van der Waals surface area contributed by atoms with Gasteiger partial charge in [0, 0.05) is 25.4 Å². The molecule has 112 valence electrons. The number of nitrogens with zero attached hydrogens (tertiary/aromatic N) is 4. The van der Waals surface area contributed by atoms with E-state index in [1.165, 1.54) is 18.3 Å². The van der Waals surface area contributed by atoms with E-state index in [0.717, 1.165) is 0 Å². The number of halogens is 1. The van der Waals surface area contributed by atoms with Crippen molar-refractivity contribution in [2.24, 2.45) is 5.73 Å². The second-order valence-corrected chi connectivity index (χ2v) is 5.24. The topological polar surface area (TPSA) is 90.2 Å². The van der Waals surface area contributed by atoms with Gasteiger partial charge in [-0.05, 0) is 12.1 Å². The van der Waals surface area contributed by atoms with Crippen molar-refractivity contribution in [3.8, 4) is 0 Å². The fraction of sp³-hybridized carbons (Fsp3) is 0.214. The highest BCUT2D eigenvalue weighted by atomic mass is 19.1. The summed E-state index contributed by atoms with van der Waals surface area (Å²) >= 11 is 0. The van der Waals surface area contributed by atoms with Gasteiger partial charge in [0.05, 0.1) is 17.8 Å². The van der Waals surface area contributed by atoms with Crippen LogP contribution in [0.5, 0.6) is 0 Å². The third-order valence-electron chi connectivity index (χ3n) is 3.73. The maximum absolute atomic E-state index is 13.1. The third-order valence-corrected chi connectivity index (χ3v) is 3.73. The average Bonchev–Trinajstić information content (AvgIpc) is 3.03. The first-order chi connectivity index (χ1) is 10.6. The van der Waals surface area contributed by atoms with Gasteiger partial charge >= 0.3 is 0 Å². The second kappa shape index (κ2) is 4.55. The van der Waals surface area contributed by atoms with Crippen LogP contribution in [0.1, 0.15) is 16.4 Å². The summed E-state index contributed by atoms with van der Waals surface area (Å²) in [5.41, 5.74) is 6.63. The Morgan fingerprint density at radius 1 is 1.41 bits per heavy atom. The summed E-state index contributed by atoms with van der Waals surface area (Å²) in [4.78, 5) is 17.3. The van der Waals surface area contributed by atoms with Crippen LogP contribution in [-0.2, 0) is 0 Å². The maximum Gasteiger partial charge on any atom is 0.298 e. The molecular formula is C14H12FN5O2. The molecule has 0 unspecified atom stereocenters. The van der Waals surface area contributed by atoms with Crippen LogP contribution in [0.15, 0.2) is 35.0 Å². The number of rotatable bonds is 3. The highest BCUT2D eigenvalue weighted by Gasteiger charge is 2.32. The van der Waals surface area contributed by atoms with E-state index >= 15 is 0 Å². The van der Waals surface area contributed by atoms with Crippen LogP contribution in [-0.4, -0.2) is 33.8 Å². The monoisotopic (exact) mass is 301 g/mol. The summed E-state index contributed by atoms with van der Waals surface area (Å²) in [6.45, 7) is 1.30. The molecule has 2 aromatic heterocycles. The van der Waals surface area contributed by atoms with E-state index in [4.69, 9.17) is 10.2 Å². The van der Waals surface area contributed by atoms with Crippen LogP contribution >= 0.6 is 0 Å². The summed E-state index contributed by atoms with van der Waals surface area (Å²) in [5, 5.41) is 4.13. The Bertz CT molecular complexity index is 865. The number of oxazole rings is 1. The van der Waals surface area contributed by atoms with E-state index < -0.39 is 5.91 Å². The fourth-order valence-electron chi connectivity index (χ4n) is 2.47. The number of primary amides is 1. The zero-order chi connectivity index (χ0) is 15.3. The summed E-state index contributed by atoms with van der Waals surface area (Å²) in [7, 11) is 0. The zero-order valence-corrected chi connectivity index (χ0v) is 11.4. The molecule has 1 fully saturated rings. The van der Waals surface area contributed by atoms with Gasteiger partial charge in [0.1, 0.15) is 11.3 Å². The zero-order valence-electron chi connectivity index (χ0n) is 11.4. The van der Waals surface area contributed by atoms with E-state index in [0.29, 0.717) is 35.8 Å². The lowest BCUT2D eigenvalue weighted by atomic mass is 10.1. The summed E-state index contributed by atoms with van der Waals surface area (Å²) < 4.78 is 20.5. The van der Waals surface area contributed by atoms with Crippen molar-refractivity contribution >= 4 is 23.0 Å². The molecule has 1 aliphatic heterocycles. The Balaban J connectivity index is 1.50. The Kier molecular flexibility index (Phi) is 2.65. The third kappa shape index (κ3) is 2.00. The number of anilines is 1. The predicted molar refractivity (Wildman–Crippen MR) is 76.0 cm³/mol. The van der Waals surface area contributed by atoms with Crippen LogP contribution in [0, 0.1) is 5.82 Å². The molecule has 1 amide bonds. The molecule has 3 heterocycles. The molecule has 2 N–H and O–H groups in total. The molecule has 1 aromatic carbocycles. The number of amides is 1. The molecule has 1 saturated heterocycles. The van der Waals surface area contributed by atoms with E-state index in [2.05, 4.69) is 10.1 Å². The lowest BCUT2D eigenvalue weighted by Gasteiger charge is -2.37. The van der Waals surface area contributed by atoms with Crippen molar-refractivity contribution in [2.75, 3.05) is 18.0 Å². The summed E-state index contributed by atoms with van der Waals surface area (Å²) in [5.74, 6) is -0.840. The van der Waals surface area contributed by atoms with Crippen molar-refractivity contribution in [2.45, 2.75) is 6.04 Å². The lowest BCUT2D eigenvalue weighted by molar-refractivity contribution is 0.1000. The minimum Gasteiger partial charge on any atom is -0.423 e. The summed E-state index contributed by atoms with van der Waals surface area (Å²) in [6, 6.07) is 4.82. The Hall–Kier alpha value is -2.90. The van der Waals surface area contributed by atoms with Gasteiger partial charge in [-0.3, -0.25) is 9.48 Å². The van der Waals surface area contributed by atoms with Crippen LogP contribution in [0.2, 0.25) is 0 Å². The minimum atomic E-state index is -0.497. The number of hydrogen-bond donors (Lipinski definition) is 1. The van der Waals surface area contributed by atoms with Crippen molar-refractivity contribution in [1.82, 2.24) is 14.8 Å². The maximum atomic E-state index is 13.1. The molecule has 0 spiro atoms. The van der Waals surface area contributed by atoms with Gasteiger partial charge in [0.15, 0.2) is 5.58 Å². The van der Waals surface area contributed by atoms with Gasteiger partial charge in [-0.15, -0.1) is 0 Å². The number of nitrogens with two attached hydrogens (primary N) is 1. The number of carbonyl (C=O) groups is 1. The molecule has 7 nitrogen and oxygen atoms in total. The SMILES string of the molecule is NC(=O)c1cnn(C2CN(c3nc4cc(F)ccc4o3)C2)c1. The number of aromatic nitrogens is 3. The van der Waals surface area contributed by atoms with Crippen LogP contribution < -0.4 is 10.6 Å². The number of fused-ring (bicyclic) bond motifs is 1. The smallest absolute Gasteiger partial charge is 0.298 e. The molecule has 0 bridgehead atoms. The number of hydrogen-bond acceptors (Lipinski definition) is 5. The molecule has 1 aliphatic rings. The Morgan fingerprint density at radius 2 is 2.23 bits per heavy atom. The molecule has 0 saturated carbocycles. The molecular weight excluding hydrogens is 289 g/mol. The van der Waals surface area contributed by atoms with Crippen LogP contribution in [0.4, 0.5) is 10.4 Å². The standard InChI is InChI=1S/C14H12FN5O2/c15-9-1-2-12-11(3-9)18-14(22-12)19-6-10(7-19)20-5-8(4-17-20)13(16)21/h1-5,10H,6-7H2,(H2,16,21). The highest BCUT2D eigenvalue weighted by Crippen LogP contribution is 2.29. The minimum absolute atomic E-state index is 0.125. The molecule has 0 aliphatic carbocycles. The fourth-order valence-corrected chi connectivity index (χ4v) is 2.47. The quantitative estimate of drug-likeness (QED) is 0.788. The van der Waals surface area contributed by atoms with Crippen molar-refractivity contribution in [1.29, 1.82) is 0 Å². The largest absolute Gasteiger partial charge is 0.423 e. The van der Waals surface area contributed by atoms with Gasteiger partial charge in [-0.1, -0.05) is 0 Å². The van der Waals surface area contributed by atoms with Crippen LogP contribution in [0.3, 0.4) is 0 Å². The molecule has 4 rings (SSSR count). The number of benzene rings is 1. The second-order valence-electron chi connectivity index (χ2n) is 5.24.